The van der Waals surface area contributed by atoms with Crippen molar-refractivity contribution in [1.82, 2.24) is 18.8 Å². The molecule has 13 nitrogen and oxygen atoms in total. The van der Waals surface area contributed by atoms with Crippen molar-refractivity contribution in [3.8, 4) is 28.4 Å². The average molecular weight is 714 g/mol. The smallest absolute Gasteiger partial charge is 0.282 e. The molecule has 14 heteroatoms. The third-order valence-electron chi connectivity index (χ3n) is 9.93. The van der Waals surface area contributed by atoms with Gasteiger partial charge in [0.2, 0.25) is 23.0 Å². The monoisotopic (exact) mass is 713 g/mol. The number of benzene rings is 1. The first-order valence-electron chi connectivity index (χ1n) is 17.5. The van der Waals surface area contributed by atoms with Crippen molar-refractivity contribution in [3.05, 3.63) is 45.6 Å². The first-order chi connectivity index (χ1) is 23.9. The molecule has 2 aromatic rings. The lowest BCUT2D eigenvalue weighted by Gasteiger charge is -2.38. The van der Waals surface area contributed by atoms with E-state index in [1.54, 1.807) is 29.5 Å². The SMILES string of the molecule is COc1cc2c(c(OC)c1OC)-c1ccc(NC(C(=O)N3CCN(S(=O)(=O)N4CCCCCC4)CC3)C(C)C)c(=O)cc1C(NC(C)=O)CC2. The molecule has 2 N–H and O–H groups in total. The number of fused-ring (bicyclic) bond motifs is 3. The van der Waals surface area contributed by atoms with Gasteiger partial charge in [-0.15, -0.1) is 0 Å². The standard InChI is InChI=1S/C36H51N5O8S/c1-23(2)33(36(44)39-17-19-41(20-18-39)50(45,46)40-15-9-7-8-10-16-40)38-29-14-12-26-27(22-30(29)43)28(37-24(3)42)13-11-25-21-31(47-4)34(48-5)35(49-6)32(25)26/h12,14,21-23,28,33H,7-11,13,15-20H2,1-6H3,(H,37,42)(H,38,43). The summed E-state index contributed by atoms with van der Waals surface area (Å²) in [5.41, 5.74) is 2.85. The summed E-state index contributed by atoms with van der Waals surface area (Å²) in [6.45, 7) is 7.28. The number of hydrogen-bond donors (Lipinski definition) is 2. The number of piperazine rings is 1. The molecule has 0 radical (unpaired) electrons. The molecule has 2 saturated heterocycles. The van der Waals surface area contributed by atoms with Crippen molar-refractivity contribution in [1.29, 1.82) is 0 Å². The predicted molar refractivity (Wildman–Crippen MR) is 192 cm³/mol. The van der Waals surface area contributed by atoms with Crippen LogP contribution in [0.2, 0.25) is 0 Å². The summed E-state index contributed by atoms with van der Waals surface area (Å²) in [6.07, 6.45) is 4.89. The Kier molecular flexibility index (Phi) is 12.0. The molecular weight excluding hydrogens is 662 g/mol. The van der Waals surface area contributed by atoms with Gasteiger partial charge in [0.1, 0.15) is 6.04 Å². The lowest BCUT2D eigenvalue weighted by molar-refractivity contribution is -0.134. The molecule has 2 heterocycles. The molecular formula is C36H51N5O8S. The van der Waals surface area contributed by atoms with Crippen molar-refractivity contribution in [2.24, 2.45) is 5.92 Å². The first kappa shape index (κ1) is 37.4. The van der Waals surface area contributed by atoms with Gasteiger partial charge >= 0.3 is 0 Å². The number of anilines is 1. The van der Waals surface area contributed by atoms with Crippen LogP contribution in [0.15, 0.2) is 29.1 Å². The molecule has 0 saturated carbocycles. The highest BCUT2D eigenvalue weighted by Crippen LogP contribution is 2.50. The Morgan fingerprint density at radius 2 is 1.50 bits per heavy atom. The second kappa shape index (κ2) is 16.0. The summed E-state index contributed by atoms with van der Waals surface area (Å²) in [5.74, 6) is 0.763. The number of rotatable bonds is 10. The lowest BCUT2D eigenvalue weighted by Crippen LogP contribution is -2.57. The zero-order chi connectivity index (χ0) is 36.2. The van der Waals surface area contributed by atoms with E-state index < -0.39 is 22.3 Å². The fraction of sp³-hybridized carbons (Fsp3) is 0.583. The lowest BCUT2D eigenvalue weighted by atomic mass is 9.95. The zero-order valence-electron chi connectivity index (χ0n) is 30.0. The van der Waals surface area contributed by atoms with Gasteiger partial charge in [0, 0.05) is 51.8 Å². The Hall–Kier alpha value is -3.88. The van der Waals surface area contributed by atoms with Crippen LogP contribution < -0.4 is 30.3 Å². The molecule has 50 heavy (non-hydrogen) atoms. The van der Waals surface area contributed by atoms with Crippen LogP contribution >= 0.6 is 0 Å². The molecule has 1 aliphatic carbocycles. The van der Waals surface area contributed by atoms with Gasteiger partial charge in [-0.2, -0.15) is 17.0 Å². The van der Waals surface area contributed by atoms with Gasteiger partial charge in [-0.1, -0.05) is 32.8 Å². The van der Waals surface area contributed by atoms with Crippen molar-refractivity contribution < 1.29 is 32.2 Å². The average Bonchev–Trinajstić information content (AvgIpc) is 3.52. The number of hydrogen-bond acceptors (Lipinski definition) is 9. The zero-order valence-corrected chi connectivity index (χ0v) is 30.9. The Labute approximate surface area is 295 Å². The van der Waals surface area contributed by atoms with Crippen LogP contribution in [0, 0.1) is 5.92 Å². The molecule has 2 fully saturated rings. The first-order valence-corrected chi connectivity index (χ1v) is 18.9. The molecule has 2 unspecified atom stereocenters. The van der Waals surface area contributed by atoms with Crippen LogP contribution in [0.3, 0.4) is 0 Å². The number of carbonyl (C=O) groups excluding carboxylic acids is 2. The number of methoxy groups -OCH3 is 3. The molecule has 3 aliphatic rings. The number of nitrogens with one attached hydrogen (secondary N) is 2. The van der Waals surface area contributed by atoms with E-state index in [4.69, 9.17) is 14.2 Å². The van der Waals surface area contributed by atoms with Crippen LogP contribution in [-0.2, 0) is 26.2 Å². The molecule has 2 amide bonds. The Morgan fingerprint density at radius 1 is 0.860 bits per heavy atom. The summed E-state index contributed by atoms with van der Waals surface area (Å²) in [4.78, 5) is 42.0. The van der Waals surface area contributed by atoms with Crippen LogP contribution in [0.1, 0.15) is 70.0 Å². The van der Waals surface area contributed by atoms with Gasteiger partial charge in [-0.05, 0) is 66.5 Å². The van der Waals surface area contributed by atoms with E-state index in [9.17, 15) is 22.8 Å². The van der Waals surface area contributed by atoms with E-state index in [0.717, 1.165) is 36.8 Å². The number of ether oxygens (including phenoxy) is 3. The third-order valence-corrected chi connectivity index (χ3v) is 12.0. The normalized spacial score (nSPS) is 19.3. The molecule has 5 rings (SSSR count). The molecule has 2 aliphatic heterocycles. The minimum atomic E-state index is -3.59. The third kappa shape index (κ3) is 7.71. The van der Waals surface area contributed by atoms with Crippen molar-refractivity contribution in [2.45, 2.75) is 71.4 Å². The summed E-state index contributed by atoms with van der Waals surface area (Å²) in [7, 11) is 1.04. The van der Waals surface area contributed by atoms with Crippen molar-refractivity contribution >= 4 is 27.7 Å². The Bertz CT molecular complexity index is 1730. The molecule has 0 spiro atoms. The van der Waals surface area contributed by atoms with Crippen LogP contribution in [-0.4, -0.2) is 100 Å². The maximum Gasteiger partial charge on any atom is 0.282 e. The maximum absolute atomic E-state index is 14.0. The molecule has 274 valence electrons. The molecule has 2 atom stereocenters. The number of carbonyl (C=O) groups is 2. The highest BCUT2D eigenvalue weighted by atomic mass is 32.2. The predicted octanol–water partition coefficient (Wildman–Crippen LogP) is 3.56. The van der Waals surface area contributed by atoms with Gasteiger partial charge in [-0.25, -0.2) is 0 Å². The van der Waals surface area contributed by atoms with Crippen molar-refractivity contribution in [3.63, 3.8) is 0 Å². The summed E-state index contributed by atoms with van der Waals surface area (Å²) in [6, 6.07) is 5.71. The number of amides is 2. The number of nitrogens with zero attached hydrogens (tertiary/aromatic N) is 3. The molecule has 0 bridgehead atoms. The largest absolute Gasteiger partial charge is 0.493 e. The molecule has 0 aromatic heterocycles. The number of aryl methyl sites for hydroxylation is 1. The van der Waals surface area contributed by atoms with E-state index in [0.29, 0.717) is 54.3 Å². The van der Waals surface area contributed by atoms with E-state index in [1.165, 1.54) is 24.4 Å². The van der Waals surface area contributed by atoms with Gasteiger partial charge in [0.05, 0.1) is 33.1 Å². The van der Waals surface area contributed by atoms with Gasteiger partial charge in [-0.3, -0.25) is 14.4 Å². The highest BCUT2D eigenvalue weighted by molar-refractivity contribution is 7.86. The van der Waals surface area contributed by atoms with Crippen LogP contribution in [0.25, 0.3) is 11.1 Å². The summed E-state index contributed by atoms with van der Waals surface area (Å²) < 4.78 is 47.0. The molecule has 2 aromatic carbocycles. The van der Waals surface area contributed by atoms with Crippen LogP contribution in [0.4, 0.5) is 5.69 Å². The minimum Gasteiger partial charge on any atom is -0.493 e. The Morgan fingerprint density at radius 3 is 2.08 bits per heavy atom. The van der Waals surface area contributed by atoms with Gasteiger partial charge in [0.25, 0.3) is 10.2 Å². The van der Waals surface area contributed by atoms with Crippen molar-refractivity contribution in [2.75, 3.05) is 65.9 Å². The van der Waals surface area contributed by atoms with Crippen LogP contribution in [0.5, 0.6) is 17.2 Å². The minimum absolute atomic E-state index is 0.186. The fourth-order valence-electron chi connectivity index (χ4n) is 7.28. The highest BCUT2D eigenvalue weighted by Gasteiger charge is 2.36. The summed E-state index contributed by atoms with van der Waals surface area (Å²) >= 11 is 0. The fourth-order valence-corrected chi connectivity index (χ4v) is 8.95. The maximum atomic E-state index is 14.0. The summed E-state index contributed by atoms with van der Waals surface area (Å²) in [5, 5.41) is 6.26. The topological polar surface area (TPSA) is 147 Å². The van der Waals surface area contributed by atoms with E-state index in [2.05, 4.69) is 10.6 Å². The van der Waals surface area contributed by atoms with Gasteiger partial charge < -0.3 is 29.7 Å². The Balaban J connectivity index is 1.45. The van der Waals surface area contributed by atoms with E-state index >= 15 is 0 Å². The van der Waals surface area contributed by atoms with E-state index in [1.807, 2.05) is 26.0 Å². The van der Waals surface area contributed by atoms with Gasteiger partial charge in [0.15, 0.2) is 11.5 Å². The quantitative estimate of drug-likeness (QED) is 0.378. The second-order valence-electron chi connectivity index (χ2n) is 13.5. The second-order valence-corrected chi connectivity index (χ2v) is 15.4. The van der Waals surface area contributed by atoms with E-state index in [-0.39, 0.29) is 55.0 Å².